The van der Waals surface area contributed by atoms with Crippen molar-refractivity contribution in [1.82, 2.24) is 4.90 Å². The molecule has 0 aliphatic rings. The van der Waals surface area contributed by atoms with Gasteiger partial charge in [0.1, 0.15) is 0 Å². The average molecular weight is 185 g/mol. The molecule has 0 N–H and O–H groups in total. The number of nitrogens with zero attached hydrogens (tertiary/aromatic N) is 1. The lowest BCUT2D eigenvalue weighted by Gasteiger charge is -2.15. The van der Waals surface area contributed by atoms with Gasteiger partial charge < -0.3 is 4.90 Å². The maximum atomic E-state index is 3.94. The first kappa shape index (κ1) is 11.8. The molecule has 0 aliphatic heterocycles. The summed E-state index contributed by atoms with van der Waals surface area (Å²) in [6.45, 7) is 9.84. The van der Waals surface area contributed by atoms with Crippen LogP contribution in [0.1, 0.15) is 12.8 Å². The Morgan fingerprint density at radius 3 is 2.67 bits per heavy atom. The SMILES string of the molecule is C=CCCN(C)CCC(=C)SC. The van der Waals surface area contributed by atoms with Crippen molar-refractivity contribution in [1.29, 1.82) is 0 Å². The van der Waals surface area contributed by atoms with E-state index in [1.165, 1.54) is 4.91 Å². The van der Waals surface area contributed by atoms with Crippen molar-refractivity contribution in [3.8, 4) is 0 Å². The highest BCUT2D eigenvalue weighted by atomic mass is 32.2. The molecule has 0 spiro atoms. The lowest BCUT2D eigenvalue weighted by atomic mass is 10.3. The van der Waals surface area contributed by atoms with Crippen molar-refractivity contribution < 1.29 is 0 Å². The van der Waals surface area contributed by atoms with Gasteiger partial charge in [0.15, 0.2) is 0 Å². The fraction of sp³-hybridized carbons (Fsp3) is 0.600. The van der Waals surface area contributed by atoms with Crippen LogP contribution in [0.4, 0.5) is 0 Å². The molecule has 0 radical (unpaired) electrons. The van der Waals surface area contributed by atoms with Crippen LogP contribution in [0.3, 0.4) is 0 Å². The molecule has 0 saturated heterocycles. The lowest BCUT2D eigenvalue weighted by Crippen LogP contribution is -2.20. The van der Waals surface area contributed by atoms with Crippen molar-refractivity contribution in [3.05, 3.63) is 24.1 Å². The summed E-state index contributed by atoms with van der Waals surface area (Å²) in [7, 11) is 2.14. The molecule has 0 unspecified atom stereocenters. The molecule has 0 aromatic heterocycles. The van der Waals surface area contributed by atoms with Crippen LogP contribution >= 0.6 is 11.8 Å². The molecule has 70 valence electrons. The fourth-order valence-corrected chi connectivity index (χ4v) is 1.14. The zero-order chi connectivity index (χ0) is 9.40. The van der Waals surface area contributed by atoms with Gasteiger partial charge in [-0.1, -0.05) is 12.7 Å². The third-order valence-electron chi connectivity index (χ3n) is 1.78. The summed E-state index contributed by atoms with van der Waals surface area (Å²) in [5, 5.41) is 0. The molecule has 12 heavy (non-hydrogen) atoms. The Balaban J connectivity index is 3.36. The third kappa shape index (κ3) is 6.50. The lowest BCUT2D eigenvalue weighted by molar-refractivity contribution is 0.347. The van der Waals surface area contributed by atoms with Gasteiger partial charge in [0, 0.05) is 13.1 Å². The molecule has 0 atom stereocenters. The zero-order valence-electron chi connectivity index (χ0n) is 8.18. The van der Waals surface area contributed by atoms with Gasteiger partial charge in [-0.15, -0.1) is 18.3 Å². The molecular formula is C10H19NS. The predicted molar refractivity (Wildman–Crippen MR) is 59.6 cm³/mol. The molecule has 1 nitrogen and oxygen atoms in total. The maximum absolute atomic E-state index is 3.94. The van der Waals surface area contributed by atoms with Crippen LogP contribution in [0, 0.1) is 0 Å². The Kier molecular flexibility index (Phi) is 7.31. The molecule has 0 rings (SSSR count). The van der Waals surface area contributed by atoms with Gasteiger partial charge in [-0.2, -0.15) is 0 Å². The standard InChI is InChI=1S/C10H19NS/c1-5-6-8-11(3)9-7-10(2)12-4/h5H,1-2,6-9H2,3-4H3. The minimum atomic E-state index is 1.07. The van der Waals surface area contributed by atoms with E-state index >= 15 is 0 Å². The van der Waals surface area contributed by atoms with Crippen molar-refractivity contribution in [2.75, 3.05) is 26.4 Å². The topological polar surface area (TPSA) is 3.24 Å². The Bertz CT molecular complexity index is 143. The van der Waals surface area contributed by atoms with Crippen molar-refractivity contribution in [3.63, 3.8) is 0 Å². The van der Waals surface area contributed by atoms with Gasteiger partial charge in [0.2, 0.25) is 0 Å². The largest absolute Gasteiger partial charge is 0.306 e. The van der Waals surface area contributed by atoms with E-state index in [2.05, 4.69) is 31.4 Å². The van der Waals surface area contributed by atoms with Crippen molar-refractivity contribution >= 4 is 11.8 Å². The summed E-state index contributed by atoms with van der Waals surface area (Å²) in [5.41, 5.74) is 0. The molecule has 0 amide bonds. The van der Waals surface area contributed by atoms with E-state index < -0.39 is 0 Å². The summed E-state index contributed by atoms with van der Waals surface area (Å²) in [4.78, 5) is 3.57. The summed E-state index contributed by atoms with van der Waals surface area (Å²) in [6.07, 6.45) is 6.20. The highest BCUT2D eigenvalue weighted by Crippen LogP contribution is 2.12. The third-order valence-corrected chi connectivity index (χ3v) is 2.56. The minimum absolute atomic E-state index is 1.07. The normalized spacial score (nSPS) is 10.2. The van der Waals surface area contributed by atoms with E-state index in [0.29, 0.717) is 0 Å². The van der Waals surface area contributed by atoms with E-state index in [1.54, 1.807) is 11.8 Å². The van der Waals surface area contributed by atoms with Crippen LogP contribution in [-0.4, -0.2) is 31.3 Å². The first-order chi connectivity index (χ1) is 5.70. The second kappa shape index (κ2) is 7.44. The first-order valence-electron chi connectivity index (χ1n) is 4.22. The Labute approximate surface area is 80.5 Å². The van der Waals surface area contributed by atoms with Crippen LogP contribution in [0.15, 0.2) is 24.1 Å². The summed E-state index contributed by atoms with van der Waals surface area (Å²) in [5.74, 6) is 0. The van der Waals surface area contributed by atoms with E-state index in [1.807, 2.05) is 6.08 Å². The quantitative estimate of drug-likeness (QED) is 0.561. The van der Waals surface area contributed by atoms with Gasteiger partial charge in [0.05, 0.1) is 0 Å². The van der Waals surface area contributed by atoms with Gasteiger partial charge in [-0.3, -0.25) is 0 Å². The van der Waals surface area contributed by atoms with Crippen LogP contribution < -0.4 is 0 Å². The second-order valence-corrected chi connectivity index (χ2v) is 3.86. The summed E-state index contributed by atoms with van der Waals surface area (Å²) < 4.78 is 0. The zero-order valence-corrected chi connectivity index (χ0v) is 8.99. The Morgan fingerprint density at radius 2 is 2.17 bits per heavy atom. The first-order valence-corrected chi connectivity index (χ1v) is 5.44. The van der Waals surface area contributed by atoms with Crippen LogP contribution in [0.5, 0.6) is 0 Å². The number of hydrogen-bond donors (Lipinski definition) is 0. The van der Waals surface area contributed by atoms with E-state index in [0.717, 1.165) is 25.9 Å². The van der Waals surface area contributed by atoms with Gasteiger partial charge >= 0.3 is 0 Å². The predicted octanol–water partition coefficient (Wildman–Crippen LogP) is 2.76. The smallest absolute Gasteiger partial charge is 0.00237 e. The molecule has 0 aromatic carbocycles. The molecule has 0 bridgehead atoms. The van der Waals surface area contributed by atoms with Gasteiger partial charge in [-0.25, -0.2) is 0 Å². The van der Waals surface area contributed by atoms with Crippen LogP contribution in [0.2, 0.25) is 0 Å². The van der Waals surface area contributed by atoms with E-state index in [-0.39, 0.29) is 0 Å². The van der Waals surface area contributed by atoms with Crippen molar-refractivity contribution in [2.45, 2.75) is 12.8 Å². The fourth-order valence-electron chi connectivity index (χ4n) is 0.841. The second-order valence-electron chi connectivity index (χ2n) is 2.87. The molecule has 0 saturated carbocycles. The number of thioether (sulfide) groups is 1. The average Bonchev–Trinajstić information content (AvgIpc) is 2.10. The Morgan fingerprint density at radius 1 is 1.50 bits per heavy atom. The van der Waals surface area contributed by atoms with Crippen LogP contribution in [0.25, 0.3) is 0 Å². The minimum Gasteiger partial charge on any atom is -0.306 e. The summed E-state index contributed by atoms with van der Waals surface area (Å²) in [6, 6.07) is 0. The molecule has 2 heteroatoms. The molecular weight excluding hydrogens is 166 g/mol. The Hall–Kier alpha value is -0.210. The summed E-state index contributed by atoms with van der Waals surface area (Å²) >= 11 is 1.75. The monoisotopic (exact) mass is 185 g/mol. The maximum Gasteiger partial charge on any atom is 0.00237 e. The highest BCUT2D eigenvalue weighted by molar-refractivity contribution is 8.02. The number of rotatable bonds is 7. The molecule has 0 fully saturated rings. The highest BCUT2D eigenvalue weighted by Gasteiger charge is 1.97. The van der Waals surface area contributed by atoms with Crippen molar-refractivity contribution in [2.24, 2.45) is 0 Å². The van der Waals surface area contributed by atoms with Crippen LogP contribution in [-0.2, 0) is 0 Å². The molecule has 0 heterocycles. The van der Waals surface area contributed by atoms with Gasteiger partial charge in [-0.05, 0) is 31.1 Å². The van der Waals surface area contributed by atoms with E-state index in [4.69, 9.17) is 0 Å². The number of hydrogen-bond acceptors (Lipinski definition) is 2. The van der Waals surface area contributed by atoms with Gasteiger partial charge in [0.25, 0.3) is 0 Å². The van der Waals surface area contributed by atoms with E-state index in [9.17, 15) is 0 Å². The molecule has 0 aliphatic carbocycles. The molecule has 0 aromatic rings.